The average Bonchev–Trinajstić information content (AvgIpc) is 2.36. The number of ketones is 1. The van der Waals surface area contributed by atoms with Gasteiger partial charge in [-0.2, -0.15) is 0 Å². The van der Waals surface area contributed by atoms with E-state index in [1.54, 1.807) is 14.1 Å². The summed E-state index contributed by atoms with van der Waals surface area (Å²) in [6.07, 6.45) is 1.27. The van der Waals surface area contributed by atoms with E-state index in [1.165, 1.54) is 11.1 Å². The number of hydrogen-bond donors (Lipinski definition) is 1. The number of ether oxygens (including phenoxy) is 1. The van der Waals surface area contributed by atoms with Crippen LogP contribution in [0.5, 0.6) is 0 Å². The van der Waals surface area contributed by atoms with Gasteiger partial charge in [-0.25, -0.2) is 4.79 Å². The first-order valence-electron chi connectivity index (χ1n) is 5.77. The van der Waals surface area contributed by atoms with Gasteiger partial charge in [-0.05, 0) is 5.56 Å². The number of carbonyl (C=O) groups excluding carboxylic acids is 1. The van der Waals surface area contributed by atoms with Crippen molar-refractivity contribution in [2.45, 2.75) is 6.61 Å². The highest BCUT2D eigenvalue weighted by atomic mass is 16.5. The third kappa shape index (κ3) is 5.35. The van der Waals surface area contributed by atoms with Gasteiger partial charge in [0.15, 0.2) is 5.78 Å². The molecule has 0 bridgehead atoms. The Hall–Kier alpha value is -2.14. The van der Waals surface area contributed by atoms with Crippen LogP contribution in [-0.4, -0.2) is 42.5 Å². The van der Waals surface area contributed by atoms with Gasteiger partial charge in [-0.15, -0.1) is 0 Å². The van der Waals surface area contributed by atoms with Crippen LogP contribution in [0.15, 0.2) is 42.1 Å². The first kappa shape index (κ1) is 14.9. The molecule has 0 saturated heterocycles. The minimum absolute atomic E-state index is 0.249. The molecule has 0 aliphatic carbocycles. The van der Waals surface area contributed by atoms with Crippen molar-refractivity contribution in [3.05, 3.63) is 47.7 Å². The van der Waals surface area contributed by atoms with E-state index in [0.29, 0.717) is 0 Å². The molecular weight excluding hydrogens is 246 g/mol. The maximum Gasteiger partial charge on any atom is 0.340 e. The van der Waals surface area contributed by atoms with Gasteiger partial charge in [0.25, 0.3) is 0 Å². The smallest absolute Gasteiger partial charge is 0.340 e. The van der Waals surface area contributed by atoms with E-state index in [4.69, 9.17) is 9.84 Å². The van der Waals surface area contributed by atoms with E-state index in [9.17, 15) is 9.59 Å². The zero-order valence-corrected chi connectivity index (χ0v) is 11.0. The van der Waals surface area contributed by atoms with Crippen molar-refractivity contribution in [1.29, 1.82) is 0 Å². The lowest BCUT2D eigenvalue weighted by atomic mass is 10.2. The number of nitrogens with zero attached hydrogens (tertiary/aromatic N) is 1. The summed E-state index contributed by atoms with van der Waals surface area (Å²) in [6.45, 7) is 0.0301. The van der Waals surface area contributed by atoms with Crippen LogP contribution in [0.3, 0.4) is 0 Å². The fraction of sp³-hybridized carbons (Fsp3) is 0.286. The van der Waals surface area contributed by atoms with Gasteiger partial charge in [0.2, 0.25) is 0 Å². The van der Waals surface area contributed by atoms with Crippen LogP contribution >= 0.6 is 0 Å². The van der Waals surface area contributed by atoms with Crippen LogP contribution in [0.1, 0.15) is 5.56 Å². The quantitative estimate of drug-likeness (QED) is 0.456. The summed E-state index contributed by atoms with van der Waals surface area (Å²) in [5.74, 6) is -1.79. The zero-order valence-electron chi connectivity index (χ0n) is 11.0. The summed E-state index contributed by atoms with van der Waals surface area (Å²) >= 11 is 0. The predicted molar refractivity (Wildman–Crippen MR) is 70.5 cm³/mol. The molecule has 0 unspecified atom stereocenters. The van der Waals surface area contributed by atoms with Gasteiger partial charge in [0, 0.05) is 20.3 Å². The SMILES string of the molecule is CN(C)C=C(C(=O)O)C(=O)COCc1ccccc1. The van der Waals surface area contributed by atoms with Crippen LogP contribution in [0.2, 0.25) is 0 Å². The second kappa shape index (κ2) is 7.33. The second-order valence-corrected chi connectivity index (χ2v) is 4.21. The van der Waals surface area contributed by atoms with Gasteiger partial charge >= 0.3 is 5.97 Å². The molecule has 0 fully saturated rings. The first-order valence-corrected chi connectivity index (χ1v) is 5.77. The molecule has 0 radical (unpaired) electrons. The fourth-order valence-corrected chi connectivity index (χ4v) is 1.42. The lowest BCUT2D eigenvalue weighted by Gasteiger charge is -2.08. The highest BCUT2D eigenvalue weighted by Crippen LogP contribution is 2.03. The Bertz CT molecular complexity index is 466. The fourth-order valence-electron chi connectivity index (χ4n) is 1.42. The zero-order chi connectivity index (χ0) is 14.3. The monoisotopic (exact) mass is 263 g/mol. The summed E-state index contributed by atoms with van der Waals surface area (Å²) in [5, 5.41) is 8.94. The molecule has 0 atom stereocenters. The number of carboxylic acids is 1. The van der Waals surface area contributed by atoms with Crippen molar-refractivity contribution in [3.63, 3.8) is 0 Å². The summed E-state index contributed by atoms with van der Waals surface area (Å²) in [6, 6.07) is 9.37. The van der Waals surface area contributed by atoms with Crippen molar-refractivity contribution < 1.29 is 19.4 Å². The predicted octanol–water partition coefficient (Wildman–Crippen LogP) is 1.30. The van der Waals surface area contributed by atoms with Crippen molar-refractivity contribution in [2.75, 3.05) is 20.7 Å². The summed E-state index contributed by atoms with van der Waals surface area (Å²) in [5.41, 5.74) is 0.654. The number of aliphatic carboxylic acids is 1. The number of carbonyl (C=O) groups is 2. The van der Waals surface area contributed by atoms with Crippen molar-refractivity contribution >= 4 is 11.8 Å². The standard InChI is InChI=1S/C14H17NO4/c1-15(2)8-12(14(17)18)13(16)10-19-9-11-6-4-3-5-7-11/h3-8H,9-10H2,1-2H3,(H,17,18). The number of rotatable bonds is 7. The number of hydrogen-bond acceptors (Lipinski definition) is 4. The third-order valence-electron chi connectivity index (χ3n) is 2.26. The maximum absolute atomic E-state index is 11.7. The van der Waals surface area contributed by atoms with Gasteiger partial charge in [0.1, 0.15) is 12.2 Å². The highest BCUT2D eigenvalue weighted by Gasteiger charge is 2.17. The average molecular weight is 263 g/mol. The molecule has 1 N–H and O–H groups in total. The van der Waals surface area contributed by atoms with Crippen molar-refractivity contribution in [1.82, 2.24) is 4.90 Å². The summed E-state index contributed by atoms with van der Waals surface area (Å²) < 4.78 is 5.22. The number of carboxylic acid groups (broad SMARTS) is 1. The Morgan fingerprint density at radius 2 is 1.89 bits per heavy atom. The number of Topliss-reactive ketones (excluding diaryl/α,β-unsaturated/α-hetero) is 1. The molecule has 0 aliphatic rings. The third-order valence-corrected chi connectivity index (χ3v) is 2.26. The molecule has 5 nitrogen and oxygen atoms in total. The molecule has 0 aliphatic heterocycles. The molecule has 1 rings (SSSR count). The van der Waals surface area contributed by atoms with Crippen LogP contribution in [0.4, 0.5) is 0 Å². The Morgan fingerprint density at radius 3 is 2.42 bits per heavy atom. The molecule has 0 amide bonds. The Morgan fingerprint density at radius 1 is 1.26 bits per heavy atom. The molecule has 0 aromatic heterocycles. The topological polar surface area (TPSA) is 66.8 Å². The summed E-state index contributed by atoms with van der Waals surface area (Å²) in [4.78, 5) is 24.2. The minimum Gasteiger partial charge on any atom is -0.478 e. The van der Waals surface area contributed by atoms with Crippen LogP contribution in [-0.2, 0) is 20.9 Å². The molecule has 1 aromatic rings. The molecule has 102 valence electrons. The lowest BCUT2D eigenvalue weighted by molar-refractivity contribution is -0.135. The first-order chi connectivity index (χ1) is 9.00. The molecular formula is C14H17NO4. The van der Waals surface area contributed by atoms with E-state index in [1.807, 2.05) is 30.3 Å². The van der Waals surface area contributed by atoms with Crippen molar-refractivity contribution in [2.24, 2.45) is 0 Å². The molecule has 0 heterocycles. The van der Waals surface area contributed by atoms with Crippen molar-refractivity contribution in [3.8, 4) is 0 Å². The van der Waals surface area contributed by atoms with E-state index in [-0.39, 0.29) is 18.8 Å². The van der Waals surface area contributed by atoms with Gasteiger partial charge < -0.3 is 14.7 Å². The normalized spacial score (nSPS) is 11.2. The lowest BCUT2D eigenvalue weighted by Crippen LogP contribution is -2.20. The Balaban J connectivity index is 2.52. The van der Waals surface area contributed by atoms with E-state index >= 15 is 0 Å². The molecule has 5 heteroatoms. The second-order valence-electron chi connectivity index (χ2n) is 4.21. The van der Waals surface area contributed by atoms with Gasteiger partial charge in [-0.3, -0.25) is 4.79 Å². The van der Waals surface area contributed by atoms with E-state index in [0.717, 1.165) is 5.56 Å². The molecule has 0 saturated carbocycles. The maximum atomic E-state index is 11.7. The molecule has 19 heavy (non-hydrogen) atoms. The van der Waals surface area contributed by atoms with Crippen LogP contribution in [0.25, 0.3) is 0 Å². The van der Waals surface area contributed by atoms with E-state index < -0.39 is 11.8 Å². The van der Waals surface area contributed by atoms with Gasteiger partial charge in [0.05, 0.1) is 6.61 Å². The van der Waals surface area contributed by atoms with Crippen LogP contribution < -0.4 is 0 Å². The van der Waals surface area contributed by atoms with Crippen LogP contribution in [0, 0.1) is 0 Å². The minimum atomic E-state index is -1.25. The van der Waals surface area contributed by atoms with E-state index in [2.05, 4.69) is 0 Å². The van der Waals surface area contributed by atoms with Gasteiger partial charge in [-0.1, -0.05) is 30.3 Å². The summed E-state index contributed by atoms with van der Waals surface area (Å²) in [7, 11) is 3.31. The number of benzene rings is 1. The Labute approximate surface area is 112 Å². The molecule has 1 aromatic carbocycles. The Kier molecular flexibility index (Phi) is 5.75. The molecule has 0 spiro atoms. The largest absolute Gasteiger partial charge is 0.478 e. The highest BCUT2D eigenvalue weighted by molar-refractivity contribution is 6.17.